The van der Waals surface area contributed by atoms with Crippen molar-refractivity contribution < 1.29 is 4.42 Å². The Kier molecular flexibility index (Phi) is 5.61. The number of nitrogens with zero attached hydrogens (tertiary/aromatic N) is 2. The molecule has 0 amide bonds. The van der Waals surface area contributed by atoms with Crippen molar-refractivity contribution in [3.05, 3.63) is 132 Å². The molecule has 0 unspecified atom stereocenters. The number of aryl methyl sites for hydroxylation is 1. The van der Waals surface area contributed by atoms with Gasteiger partial charge in [-0.25, -0.2) is 4.98 Å². The van der Waals surface area contributed by atoms with Crippen LogP contribution in [0, 0.1) is 6.92 Å². The predicted octanol–water partition coefficient (Wildman–Crippen LogP) is 11.0. The number of furan rings is 1. The summed E-state index contributed by atoms with van der Waals surface area (Å²) in [4.78, 5) is 5.41. The van der Waals surface area contributed by atoms with Crippen LogP contribution in [0.15, 0.2) is 126 Å². The summed E-state index contributed by atoms with van der Waals surface area (Å²) in [6.07, 6.45) is 0. The highest BCUT2D eigenvalue weighted by molar-refractivity contribution is 6.10. The maximum Gasteiger partial charge on any atom is 0.149 e. The van der Waals surface area contributed by atoms with E-state index in [2.05, 4.69) is 154 Å². The lowest BCUT2D eigenvalue weighted by molar-refractivity contribution is 0.587. The molecule has 0 fully saturated rings. The van der Waals surface area contributed by atoms with E-state index in [9.17, 15) is 0 Å². The molecule has 0 aliphatic carbocycles. The molecular formula is C40H32N2O. The summed E-state index contributed by atoms with van der Waals surface area (Å²) in [6.45, 7) is 8.97. The van der Waals surface area contributed by atoms with Gasteiger partial charge in [-0.2, -0.15) is 0 Å². The van der Waals surface area contributed by atoms with Gasteiger partial charge < -0.3 is 4.42 Å². The number of fused-ring (bicyclic) bond motifs is 5. The van der Waals surface area contributed by atoms with E-state index in [0.29, 0.717) is 0 Å². The highest BCUT2D eigenvalue weighted by Crippen LogP contribution is 2.43. The summed E-state index contributed by atoms with van der Waals surface area (Å²) in [5.74, 6) is 0.876. The van der Waals surface area contributed by atoms with Crippen molar-refractivity contribution in [2.24, 2.45) is 0 Å². The number of imidazole rings is 1. The first-order valence-electron chi connectivity index (χ1n) is 14.9. The second kappa shape index (κ2) is 9.43. The van der Waals surface area contributed by atoms with E-state index in [4.69, 9.17) is 9.40 Å². The van der Waals surface area contributed by atoms with E-state index in [1.54, 1.807) is 0 Å². The fourth-order valence-corrected chi connectivity index (χ4v) is 6.49. The summed E-state index contributed by atoms with van der Waals surface area (Å²) in [5, 5.41) is 4.59. The highest BCUT2D eigenvalue weighted by atomic mass is 16.3. The van der Waals surface area contributed by atoms with Crippen molar-refractivity contribution >= 4 is 43.7 Å². The van der Waals surface area contributed by atoms with Gasteiger partial charge in [0, 0.05) is 16.3 Å². The molecule has 2 aromatic heterocycles. The summed E-state index contributed by atoms with van der Waals surface area (Å²) >= 11 is 0. The Balaban J connectivity index is 1.56. The summed E-state index contributed by atoms with van der Waals surface area (Å²) in [6, 6.07) is 43.3. The fourth-order valence-electron chi connectivity index (χ4n) is 6.49. The highest BCUT2D eigenvalue weighted by Gasteiger charge is 2.27. The zero-order valence-electron chi connectivity index (χ0n) is 24.8. The lowest BCUT2D eigenvalue weighted by Gasteiger charge is -2.27. The molecule has 0 aliphatic heterocycles. The molecule has 3 nitrogen and oxygen atoms in total. The molecule has 208 valence electrons. The van der Waals surface area contributed by atoms with Gasteiger partial charge in [0.1, 0.15) is 17.0 Å². The van der Waals surface area contributed by atoms with Crippen molar-refractivity contribution in [2.45, 2.75) is 33.1 Å². The van der Waals surface area contributed by atoms with Gasteiger partial charge >= 0.3 is 0 Å². The standard InChI is InChI=1S/C40H32N2O/c1-25-20-21-30-31-17-10-18-32(38(31)43-36(30)22-25)39-41-34-23-27-14-8-9-15-28(27)24-35(34)42(39)37-29(26-12-6-5-7-13-26)16-11-19-33(37)40(2,3)4/h5-24H,1-4H3. The van der Waals surface area contributed by atoms with Gasteiger partial charge in [-0.1, -0.05) is 118 Å². The molecule has 0 spiro atoms. The van der Waals surface area contributed by atoms with Crippen LogP contribution >= 0.6 is 0 Å². The van der Waals surface area contributed by atoms with Crippen molar-refractivity contribution in [2.75, 3.05) is 0 Å². The first-order chi connectivity index (χ1) is 20.9. The molecule has 6 aromatic carbocycles. The average Bonchev–Trinajstić information content (AvgIpc) is 3.56. The van der Waals surface area contributed by atoms with E-state index < -0.39 is 0 Å². The minimum absolute atomic E-state index is 0.117. The first kappa shape index (κ1) is 25.6. The maximum absolute atomic E-state index is 6.64. The van der Waals surface area contributed by atoms with Gasteiger partial charge in [-0.3, -0.25) is 4.57 Å². The zero-order valence-corrected chi connectivity index (χ0v) is 24.8. The normalized spacial score (nSPS) is 12.2. The molecule has 8 rings (SSSR count). The predicted molar refractivity (Wildman–Crippen MR) is 180 cm³/mol. The third-order valence-electron chi connectivity index (χ3n) is 8.57. The van der Waals surface area contributed by atoms with Gasteiger partial charge in [-0.05, 0) is 64.1 Å². The Labute approximate surface area is 251 Å². The summed E-state index contributed by atoms with van der Waals surface area (Å²) in [5.41, 5.74) is 10.6. The number of hydrogen-bond acceptors (Lipinski definition) is 2. The molecule has 0 saturated carbocycles. The second-order valence-electron chi connectivity index (χ2n) is 12.6. The smallest absolute Gasteiger partial charge is 0.149 e. The van der Waals surface area contributed by atoms with E-state index in [-0.39, 0.29) is 5.41 Å². The Hall–Kier alpha value is -5.15. The Morgan fingerprint density at radius 3 is 2.16 bits per heavy atom. The van der Waals surface area contributed by atoms with Crippen molar-refractivity contribution in [1.29, 1.82) is 0 Å². The minimum atomic E-state index is -0.117. The Morgan fingerprint density at radius 2 is 1.37 bits per heavy atom. The van der Waals surface area contributed by atoms with Crippen LogP contribution in [-0.4, -0.2) is 9.55 Å². The Morgan fingerprint density at radius 1 is 0.651 bits per heavy atom. The molecule has 0 N–H and O–H groups in total. The molecule has 43 heavy (non-hydrogen) atoms. The van der Waals surface area contributed by atoms with E-state index in [1.807, 2.05) is 0 Å². The van der Waals surface area contributed by atoms with Crippen LogP contribution in [0.5, 0.6) is 0 Å². The molecule has 3 heteroatoms. The van der Waals surface area contributed by atoms with Crippen LogP contribution in [-0.2, 0) is 5.41 Å². The number of rotatable bonds is 3. The van der Waals surface area contributed by atoms with Gasteiger partial charge in [0.15, 0.2) is 0 Å². The van der Waals surface area contributed by atoms with Crippen molar-refractivity contribution in [3.63, 3.8) is 0 Å². The van der Waals surface area contributed by atoms with Gasteiger partial charge in [0.2, 0.25) is 0 Å². The lowest BCUT2D eigenvalue weighted by Crippen LogP contribution is -2.16. The first-order valence-corrected chi connectivity index (χ1v) is 14.9. The van der Waals surface area contributed by atoms with Gasteiger partial charge in [-0.15, -0.1) is 0 Å². The van der Waals surface area contributed by atoms with E-state index in [1.165, 1.54) is 33.0 Å². The number of aromatic nitrogens is 2. The van der Waals surface area contributed by atoms with Crippen LogP contribution in [0.25, 0.3) is 71.9 Å². The van der Waals surface area contributed by atoms with Crippen LogP contribution in [0.1, 0.15) is 31.9 Å². The SMILES string of the molecule is Cc1ccc2c(c1)oc1c(-c3nc4cc5ccccc5cc4n3-c3c(-c4ccccc4)cccc3C(C)(C)C)cccc12. The molecule has 0 aliphatic rings. The fraction of sp³-hybridized carbons (Fsp3) is 0.125. The summed E-state index contributed by atoms with van der Waals surface area (Å²) < 4.78 is 9.03. The summed E-state index contributed by atoms with van der Waals surface area (Å²) in [7, 11) is 0. The molecule has 0 atom stereocenters. The molecule has 0 radical (unpaired) electrons. The molecule has 0 saturated heterocycles. The minimum Gasteiger partial charge on any atom is -0.455 e. The number of para-hydroxylation sites is 2. The molecule has 2 heterocycles. The average molecular weight is 557 g/mol. The number of hydrogen-bond donors (Lipinski definition) is 0. The van der Waals surface area contributed by atoms with E-state index >= 15 is 0 Å². The van der Waals surface area contributed by atoms with Crippen LogP contribution in [0.3, 0.4) is 0 Å². The molecule has 8 aromatic rings. The van der Waals surface area contributed by atoms with E-state index in [0.717, 1.165) is 50.0 Å². The van der Waals surface area contributed by atoms with Gasteiger partial charge in [0.05, 0.1) is 22.3 Å². The van der Waals surface area contributed by atoms with Crippen LogP contribution < -0.4 is 0 Å². The van der Waals surface area contributed by atoms with Crippen LogP contribution in [0.2, 0.25) is 0 Å². The topological polar surface area (TPSA) is 31.0 Å². The van der Waals surface area contributed by atoms with Crippen molar-refractivity contribution in [1.82, 2.24) is 9.55 Å². The molecular weight excluding hydrogens is 524 g/mol. The third-order valence-corrected chi connectivity index (χ3v) is 8.57. The Bertz CT molecular complexity index is 2330. The largest absolute Gasteiger partial charge is 0.455 e. The zero-order chi connectivity index (χ0) is 29.3. The quantitative estimate of drug-likeness (QED) is 0.217. The maximum atomic E-state index is 6.64. The second-order valence-corrected chi connectivity index (χ2v) is 12.6. The molecule has 0 bridgehead atoms. The lowest BCUT2D eigenvalue weighted by atomic mass is 9.83. The number of benzene rings is 6. The monoisotopic (exact) mass is 556 g/mol. The third kappa shape index (κ3) is 4.07. The van der Waals surface area contributed by atoms with Crippen molar-refractivity contribution in [3.8, 4) is 28.2 Å². The van der Waals surface area contributed by atoms with Crippen LogP contribution in [0.4, 0.5) is 0 Å². The van der Waals surface area contributed by atoms with Gasteiger partial charge in [0.25, 0.3) is 0 Å².